The summed E-state index contributed by atoms with van der Waals surface area (Å²) in [5.74, 6) is 4.23. The molecular weight excluding hydrogens is 771 g/mol. The molecule has 2 rings (SSSR count). The second-order valence-electron chi connectivity index (χ2n) is 11.0. The molecule has 0 aromatic heterocycles. The second-order valence-corrected chi connectivity index (χ2v) is 31.3. The molecule has 0 saturated carbocycles. The van der Waals surface area contributed by atoms with Crippen molar-refractivity contribution in [3.63, 3.8) is 0 Å². The fraction of sp³-hybridized carbons (Fsp3) is 0.613. The summed E-state index contributed by atoms with van der Waals surface area (Å²) in [6.45, 7) is 8.64. The minimum absolute atomic E-state index is 0.110. The number of rotatable bonds is 20. The number of benzene rings is 2. The van der Waals surface area contributed by atoms with Crippen molar-refractivity contribution in [1.29, 1.82) is 0 Å². The minimum Gasteiger partial charge on any atom is -0.488 e. The summed E-state index contributed by atoms with van der Waals surface area (Å²) in [5, 5.41) is 23.1. The lowest BCUT2D eigenvalue weighted by Gasteiger charge is -2.37. The zero-order chi connectivity index (χ0) is 34.0. The van der Waals surface area contributed by atoms with E-state index < -0.39 is 33.8 Å². The van der Waals surface area contributed by atoms with Crippen molar-refractivity contribution < 1.29 is 19.7 Å². The first-order valence-electron chi connectivity index (χ1n) is 14.6. The van der Waals surface area contributed by atoms with Crippen LogP contribution in [0.25, 0.3) is 0 Å². The lowest BCUT2D eigenvalue weighted by molar-refractivity contribution is 0.126. The Labute approximate surface area is 309 Å². The summed E-state index contributed by atoms with van der Waals surface area (Å²) in [5.41, 5.74) is 1.13. The summed E-state index contributed by atoms with van der Waals surface area (Å²) in [6.07, 6.45) is 9.36. The van der Waals surface area contributed by atoms with Gasteiger partial charge in [0.25, 0.3) is 0 Å². The van der Waals surface area contributed by atoms with Gasteiger partial charge in [-0.05, 0) is 84.8 Å². The minimum atomic E-state index is -1.04. The van der Waals surface area contributed by atoms with Gasteiger partial charge in [-0.1, -0.05) is 74.1 Å². The number of ether oxygens (including phenoxy) is 2. The molecule has 4 nitrogen and oxygen atoms in total. The van der Waals surface area contributed by atoms with Crippen molar-refractivity contribution in [2.75, 3.05) is 61.2 Å². The molecule has 2 unspecified atom stereocenters. The van der Waals surface area contributed by atoms with E-state index in [1.165, 1.54) is 0 Å². The highest BCUT2D eigenvalue weighted by atomic mass is 35.5. The van der Waals surface area contributed by atoms with E-state index in [9.17, 15) is 10.2 Å². The molecule has 2 aromatic carbocycles. The summed E-state index contributed by atoms with van der Waals surface area (Å²) in [7, 11) is 5.33. The van der Waals surface area contributed by atoms with Crippen LogP contribution in [0.15, 0.2) is 24.3 Å². The van der Waals surface area contributed by atoms with Gasteiger partial charge in [-0.15, -0.1) is 59.4 Å². The van der Waals surface area contributed by atoms with Gasteiger partial charge in [0.2, 0.25) is 0 Å². The Morgan fingerprint density at radius 2 is 0.933 bits per heavy atom. The Kier molecular flexibility index (Phi) is 18.4. The Hall–Kier alpha value is 1.22. The average molecular weight is 819 g/mol. The van der Waals surface area contributed by atoms with E-state index in [1.54, 1.807) is 0 Å². The molecule has 0 aliphatic carbocycles. The molecule has 0 saturated heterocycles. The summed E-state index contributed by atoms with van der Waals surface area (Å²) in [4.78, 5) is 0. The maximum Gasteiger partial charge on any atom is 0.156 e. The maximum atomic E-state index is 10.8. The standard InChI is InChI=1S/C31H48Cl4O4S6/c1-9-11-44(40-5,41-6)19-23(36)17-38-29-25(32)13-21(14-26(29)33)31(3,4)22-15-27(34)30(28(35)16-22)39-18-24(37)20-45(42-7,43-8)12-10-2/h13-16,23-24,36-37H,9-12,17-20H2,1-8H3. The van der Waals surface area contributed by atoms with Gasteiger partial charge in [-0.3, -0.25) is 0 Å². The number of hydrogen-bond acceptors (Lipinski definition) is 8. The third-order valence-electron chi connectivity index (χ3n) is 7.42. The normalized spacial score (nSPS) is 14.7. The van der Waals surface area contributed by atoms with Crippen molar-refractivity contribution >= 4 is 106 Å². The van der Waals surface area contributed by atoms with Crippen LogP contribution in [0.3, 0.4) is 0 Å². The summed E-state index contributed by atoms with van der Waals surface area (Å²) >= 11 is 26.8. The lowest BCUT2D eigenvalue weighted by Crippen LogP contribution is -2.25. The van der Waals surface area contributed by atoms with Crippen LogP contribution < -0.4 is 9.47 Å². The molecular formula is C31H48Cl4O4S6. The topological polar surface area (TPSA) is 58.9 Å². The number of aliphatic hydroxyl groups is 2. The van der Waals surface area contributed by atoms with Crippen molar-refractivity contribution in [1.82, 2.24) is 0 Å². The fourth-order valence-corrected chi connectivity index (χ4v) is 21.3. The molecule has 0 bridgehead atoms. The molecule has 0 aliphatic rings. The van der Waals surface area contributed by atoms with Crippen LogP contribution in [0.1, 0.15) is 51.7 Å². The largest absolute Gasteiger partial charge is 0.488 e. The molecule has 0 amide bonds. The Balaban J connectivity index is 2.20. The van der Waals surface area contributed by atoms with Crippen LogP contribution in [0.4, 0.5) is 0 Å². The first kappa shape index (κ1) is 42.4. The number of halogens is 4. The fourth-order valence-electron chi connectivity index (χ4n) is 4.86. The Bertz CT molecular complexity index is 1090. The summed E-state index contributed by atoms with van der Waals surface area (Å²) < 4.78 is 11.9. The molecule has 260 valence electrons. The highest BCUT2D eigenvalue weighted by Crippen LogP contribution is 2.69. The second kappa shape index (κ2) is 19.6. The van der Waals surface area contributed by atoms with Crippen LogP contribution in [0, 0.1) is 0 Å². The molecule has 14 heteroatoms. The number of hydrogen-bond donors (Lipinski definition) is 2. The predicted molar refractivity (Wildman–Crippen MR) is 217 cm³/mol. The van der Waals surface area contributed by atoms with Gasteiger partial charge in [0.1, 0.15) is 13.2 Å². The van der Waals surface area contributed by atoms with Crippen molar-refractivity contribution in [3.8, 4) is 11.5 Å². The quantitative estimate of drug-likeness (QED) is 0.128. The van der Waals surface area contributed by atoms with Gasteiger partial charge < -0.3 is 19.7 Å². The molecule has 2 N–H and O–H groups in total. The van der Waals surface area contributed by atoms with Crippen LogP contribution in [0.5, 0.6) is 11.5 Å². The molecule has 0 fully saturated rings. The van der Waals surface area contributed by atoms with Crippen LogP contribution in [0.2, 0.25) is 20.1 Å². The predicted octanol–water partition coefficient (Wildman–Crippen LogP) is 11.6. The number of aliphatic hydroxyl groups excluding tert-OH is 2. The molecule has 0 aliphatic heterocycles. The molecule has 45 heavy (non-hydrogen) atoms. The molecule has 0 heterocycles. The van der Waals surface area contributed by atoms with E-state index in [-0.39, 0.29) is 13.2 Å². The van der Waals surface area contributed by atoms with Crippen LogP contribution in [-0.2, 0) is 5.41 Å². The smallest absolute Gasteiger partial charge is 0.156 e. The molecule has 0 spiro atoms. The van der Waals surface area contributed by atoms with Crippen molar-refractivity contribution in [2.45, 2.75) is 58.2 Å². The zero-order valence-corrected chi connectivity index (χ0v) is 35.2. The SMILES string of the molecule is CCCS(CC(O)COc1c(Cl)cc(C(C)(C)c2cc(Cl)c(OCC(O)CS(CCC)(SC)SC)c(Cl)c2)cc1Cl)(SC)SC. The lowest BCUT2D eigenvalue weighted by atomic mass is 9.78. The van der Waals surface area contributed by atoms with E-state index in [2.05, 4.69) is 38.9 Å². The van der Waals surface area contributed by atoms with Gasteiger partial charge in [-0.2, -0.15) is 0 Å². The molecule has 0 radical (unpaired) electrons. The van der Waals surface area contributed by atoms with E-state index >= 15 is 0 Å². The zero-order valence-electron chi connectivity index (χ0n) is 27.3. The highest BCUT2D eigenvalue weighted by Gasteiger charge is 2.30. The van der Waals surface area contributed by atoms with E-state index in [4.69, 9.17) is 55.9 Å². The van der Waals surface area contributed by atoms with Crippen molar-refractivity contribution in [3.05, 3.63) is 55.5 Å². The van der Waals surface area contributed by atoms with E-state index in [0.717, 1.165) is 35.5 Å². The summed E-state index contributed by atoms with van der Waals surface area (Å²) in [6, 6.07) is 7.32. The van der Waals surface area contributed by atoms with Crippen molar-refractivity contribution in [2.24, 2.45) is 0 Å². The van der Waals surface area contributed by atoms with Gasteiger partial charge in [-0.25, -0.2) is 0 Å². The monoisotopic (exact) mass is 816 g/mol. The Morgan fingerprint density at radius 3 is 1.18 bits per heavy atom. The van der Waals surface area contributed by atoms with Gasteiger partial charge in [0, 0.05) is 16.9 Å². The van der Waals surface area contributed by atoms with Crippen LogP contribution >= 0.6 is 106 Å². The van der Waals surface area contributed by atoms with Gasteiger partial charge in [0.15, 0.2) is 11.5 Å². The molecule has 2 aromatic rings. The van der Waals surface area contributed by atoms with Crippen LogP contribution in [-0.4, -0.2) is 83.7 Å². The average Bonchev–Trinajstić information content (AvgIpc) is 2.99. The Morgan fingerprint density at radius 1 is 0.644 bits per heavy atom. The maximum absolute atomic E-state index is 10.8. The molecule has 2 atom stereocenters. The first-order valence-corrected chi connectivity index (χ1v) is 27.0. The van der Waals surface area contributed by atoms with Gasteiger partial charge in [0.05, 0.1) is 32.3 Å². The third kappa shape index (κ3) is 11.6. The van der Waals surface area contributed by atoms with E-state index in [1.807, 2.05) is 81.3 Å². The first-order chi connectivity index (χ1) is 21.2. The van der Waals surface area contributed by atoms with Gasteiger partial charge >= 0.3 is 0 Å². The highest BCUT2D eigenvalue weighted by molar-refractivity contribution is 9.25. The third-order valence-corrected chi connectivity index (χ3v) is 30.6. The van der Waals surface area contributed by atoms with E-state index in [0.29, 0.717) is 43.1 Å².